The highest BCUT2D eigenvalue weighted by Crippen LogP contribution is 2.14. The summed E-state index contributed by atoms with van der Waals surface area (Å²) >= 11 is 5.85. The van der Waals surface area contributed by atoms with Crippen molar-refractivity contribution in [3.8, 4) is 5.75 Å². The molecule has 0 saturated heterocycles. The molecule has 0 aliphatic rings. The van der Waals surface area contributed by atoms with E-state index in [2.05, 4.69) is 0 Å². The molecule has 1 amide bonds. The average molecular weight is 346 g/mol. The van der Waals surface area contributed by atoms with Crippen LogP contribution in [0.4, 0.5) is 0 Å². The molecule has 2 rings (SSSR count). The Morgan fingerprint density at radius 1 is 1.04 bits per heavy atom. The molecule has 0 N–H and O–H groups in total. The summed E-state index contributed by atoms with van der Waals surface area (Å²) in [5.74, 6) is 0.523. The normalized spacial score (nSPS) is 10.3. The number of hydrogen-bond acceptors (Lipinski definition) is 3. The third-order valence-electron chi connectivity index (χ3n) is 3.62. The van der Waals surface area contributed by atoms with Crippen LogP contribution in [0.1, 0.15) is 29.3 Å². The Bertz CT molecular complexity index is 696. The molecule has 126 valence electrons. The molecule has 0 heterocycles. The Labute approximate surface area is 147 Å². The van der Waals surface area contributed by atoms with Crippen molar-refractivity contribution in [2.75, 3.05) is 13.7 Å². The maximum atomic E-state index is 12.1. The average Bonchev–Trinajstić information content (AvgIpc) is 2.61. The monoisotopic (exact) mass is 345 g/mol. The zero-order chi connectivity index (χ0) is 17.5. The quantitative estimate of drug-likeness (QED) is 0.713. The summed E-state index contributed by atoms with van der Waals surface area (Å²) in [5, 5.41) is 0.668. The molecule has 0 unspecified atom stereocenters. The summed E-state index contributed by atoms with van der Waals surface area (Å²) in [7, 11) is 1.73. The third-order valence-corrected chi connectivity index (χ3v) is 3.87. The molecule has 0 fully saturated rings. The van der Waals surface area contributed by atoms with Gasteiger partial charge in [-0.1, -0.05) is 30.7 Å². The van der Waals surface area contributed by atoms with Gasteiger partial charge in [-0.3, -0.25) is 9.59 Å². The second-order valence-electron chi connectivity index (χ2n) is 5.47. The zero-order valence-electron chi connectivity index (χ0n) is 13.8. The van der Waals surface area contributed by atoms with Crippen molar-refractivity contribution in [3.05, 3.63) is 64.7 Å². The van der Waals surface area contributed by atoms with Crippen molar-refractivity contribution >= 4 is 23.3 Å². The van der Waals surface area contributed by atoms with E-state index in [9.17, 15) is 9.59 Å². The molecule has 24 heavy (non-hydrogen) atoms. The fourth-order valence-corrected chi connectivity index (χ4v) is 2.27. The minimum absolute atomic E-state index is 0.0504. The largest absolute Gasteiger partial charge is 0.484 e. The Kier molecular flexibility index (Phi) is 6.38. The smallest absolute Gasteiger partial charge is 0.260 e. The highest BCUT2D eigenvalue weighted by molar-refractivity contribution is 6.30. The number of likely N-dealkylation sites (N-methyl/N-ethyl adjacent to an activating group) is 1. The van der Waals surface area contributed by atoms with E-state index < -0.39 is 0 Å². The Morgan fingerprint density at radius 3 is 2.25 bits per heavy atom. The molecule has 0 radical (unpaired) electrons. The van der Waals surface area contributed by atoms with E-state index in [-0.39, 0.29) is 18.3 Å². The van der Waals surface area contributed by atoms with Crippen LogP contribution >= 0.6 is 11.6 Å². The molecule has 2 aromatic carbocycles. The molecule has 0 bridgehead atoms. The molecular weight excluding hydrogens is 326 g/mol. The number of ether oxygens (including phenoxy) is 1. The van der Waals surface area contributed by atoms with E-state index in [0.29, 0.717) is 29.3 Å². The molecule has 0 aromatic heterocycles. The molecule has 0 atom stereocenters. The fourth-order valence-electron chi connectivity index (χ4n) is 2.15. The fraction of sp³-hybridized carbons (Fsp3) is 0.263. The lowest BCUT2D eigenvalue weighted by molar-refractivity contribution is -0.132. The molecule has 0 aliphatic carbocycles. The predicted molar refractivity (Wildman–Crippen MR) is 94.5 cm³/mol. The maximum absolute atomic E-state index is 12.1. The summed E-state index contributed by atoms with van der Waals surface area (Å²) in [6.07, 6.45) is 0.466. The van der Waals surface area contributed by atoms with Gasteiger partial charge in [0.15, 0.2) is 12.4 Å². The van der Waals surface area contributed by atoms with E-state index in [4.69, 9.17) is 16.3 Å². The number of rotatable bonds is 7. The summed E-state index contributed by atoms with van der Waals surface area (Å²) in [6, 6.07) is 14.2. The van der Waals surface area contributed by atoms with Crippen molar-refractivity contribution in [1.29, 1.82) is 0 Å². The van der Waals surface area contributed by atoms with Crippen LogP contribution in [0.25, 0.3) is 0 Å². The van der Waals surface area contributed by atoms with Crippen LogP contribution in [0.3, 0.4) is 0 Å². The van der Waals surface area contributed by atoms with Crippen LogP contribution in [0, 0.1) is 0 Å². The Balaban J connectivity index is 1.85. The van der Waals surface area contributed by atoms with Crippen molar-refractivity contribution in [2.24, 2.45) is 0 Å². The predicted octanol–water partition coefficient (Wildman–Crippen LogP) is 3.97. The standard InChI is InChI=1S/C19H20ClNO3/c1-3-18(22)15-6-10-17(11-7-15)24-13-19(23)21(2)12-14-4-8-16(20)9-5-14/h4-11H,3,12-13H2,1-2H3. The van der Waals surface area contributed by atoms with E-state index in [0.717, 1.165) is 5.56 Å². The maximum Gasteiger partial charge on any atom is 0.260 e. The van der Waals surface area contributed by atoms with Crippen molar-refractivity contribution in [3.63, 3.8) is 0 Å². The summed E-state index contributed by atoms with van der Waals surface area (Å²) < 4.78 is 5.49. The van der Waals surface area contributed by atoms with E-state index in [1.54, 1.807) is 48.3 Å². The highest BCUT2D eigenvalue weighted by Gasteiger charge is 2.11. The number of hydrogen-bond donors (Lipinski definition) is 0. The number of halogens is 1. The van der Waals surface area contributed by atoms with Gasteiger partial charge in [-0.05, 0) is 42.0 Å². The lowest BCUT2D eigenvalue weighted by atomic mass is 10.1. The van der Waals surface area contributed by atoms with Crippen LogP contribution in [-0.4, -0.2) is 30.2 Å². The molecule has 2 aromatic rings. The van der Waals surface area contributed by atoms with Crippen molar-refractivity contribution < 1.29 is 14.3 Å². The lowest BCUT2D eigenvalue weighted by Gasteiger charge is -2.17. The molecule has 0 aliphatic heterocycles. The number of nitrogens with zero attached hydrogens (tertiary/aromatic N) is 1. The zero-order valence-corrected chi connectivity index (χ0v) is 14.5. The Morgan fingerprint density at radius 2 is 1.67 bits per heavy atom. The molecular formula is C19H20ClNO3. The van der Waals surface area contributed by atoms with Gasteiger partial charge in [0, 0.05) is 30.6 Å². The molecule has 5 heteroatoms. The summed E-state index contributed by atoms with van der Waals surface area (Å²) in [4.78, 5) is 25.3. The number of ketones is 1. The first-order chi connectivity index (χ1) is 11.5. The van der Waals surface area contributed by atoms with Gasteiger partial charge in [-0.15, -0.1) is 0 Å². The highest BCUT2D eigenvalue weighted by atomic mass is 35.5. The topological polar surface area (TPSA) is 46.6 Å². The van der Waals surface area contributed by atoms with Gasteiger partial charge < -0.3 is 9.64 Å². The van der Waals surface area contributed by atoms with Crippen LogP contribution < -0.4 is 4.74 Å². The van der Waals surface area contributed by atoms with E-state index in [1.807, 2.05) is 19.1 Å². The summed E-state index contributed by atoms with van der Waals surface area (Å²) in [6.45, 7) is 2.26. The van der Waals surface area contributed by atoms with Crippen molar-refractivity contribution in [2.45, 2.75) is 19.9 Å². The Hall–Kier alpha value is -2.33. The van der Waals surface area contributed by atoms with Gasteiger partial charge in [0.05, 0.1) is 0 Å². The van der Waals surface area contributed by atoms with Crippen LogP contribution in [0.5, 0.6) is 5.75 Å². The number of carbonyl (C=O) groups is 2. The second-order valence-corrected chi connectivity index (χ2v) is 5.90. The van der Waals surface area contributed by atoms with Crippen molar-refractivity contribution in [1.82, 2.24) is 4.90 Å². The van der Waals surface area contributed by atoms with Gasteiger partial charge >= 0.3 is 0 Å². The second kappa shape index (κ2) is 8.50. The molecule has 0 saturated carbocycles. The first kappa shape index (κ1) is 18.0. The molecule has 4 nitrogen and oxygen atoms in total. The number of carbonyl (C=O) groups excluding carboxylic acids is 2. The van der Waals surface area contributed by atoms with Crippen LogP contribution in [-0.2, 0) is 11.3 Å². The van der Waals surface area contributed by atoms with Gasteiger partial charge in [0.2, 0.25) is 0 Å². The number of benzene rings is 2. The minimum atomic E-state index is -0.126. The van der Waals surface area contributed by atoms with Crippen LogP contribution in [0.15, 0.2) is 48.5 Å². The molecule has 0 spiro atoms. The van der Waals surface area contributed by atoms with Gasteiger partial charge in [0.25, 0.3) is 5.91 Å². The third kappa shape index (κ3) is 5.10. The lowest BCUT2D eigenvalue weighted by Crippen LogP contribution is -2.30. The first-order valence-corrected chi connectivity index (χ1v) is 8.12. The number of amides is 1. The van der Waals surface area contributed by atoms with Gasteiger partial charge in [-0.25, -0.2) is 0 Å². The van der Waals surface area contributed by atoms with E-state index >= 15 is 0 Å². The van der Waals surface area contributed by atoms with Crippen LogP contribution in [0.2, 0.25) is 5.02 Å². The minimum Gasteiger partial charge on any atom is -0.484 e. The summed E-state index contributed by atoms with van der Waals surface area (Å²) in [5.41, 5.74) is 1.65. The van der Waals surface area contributed by atoms with Gasteiger partial charge in [0.1, 0.15) is 5.75 Å². The SMILES string of the molecule is CCC(=O)c1ccc(OCC(=O)N(C)Cc2ccc(Cl)cc2)cc1. The number of Topliss-reactive ketones (excluding diaryl/α,β-unsaturated/α-hetero) is 1. The first-order valence-electron chi connectivity index (χ1n) is 7.74. The van der Waals surface area contributed by atoms with E-state index in [1.165, 1.54) is 0 Å². The van der Waals surface area contributed by atoms with Gasteiger partial charge in [-0.2, -0.15) is 0 Å².